The molecule has 0 aliphatic heterocycles. The molecule has 1 aromatic carbocycles. The Morgan fingerprint density at radius 1 is 1.33 bits per heavy atom. The standard InChI is InChI=1S/C13H18N2O3/c1-9(14)13(17)15-11(8-12(16)18-2)10-6-4-3-5-7-10/h3-7,9,11H,8,14H2,1-2H3,(H,15,17)/t9-,11?/m1/s1. The van der Waals surface area contributed by atoms with Crippen molar-refractivity contribution in [1.29, 1.82) is 0 Å². The maximum Gasteiger partial charge on any atom is 0.307 e. The van der Waals surface area contributed by atoms with Crippen molar-refractivity contribution < 1.29 is 14.3 Å². The van der Waals surface area contributed by atoms with Crippen LogP contribution in [-0.4, -0.2) is 25.0 Å². The fraction of sp³-hybridized carbons (Fsp3) is 0.385. The molecular formula is C13H18N2O3. The number of nitrogens with two attached hydrogens (primary N) is 1. The van der Waals surface area contributed by atoms with Gasteiger partial charge >= 0.3 is 5.97 Å². The number of benzene rings is 1. The number of esters is 1. The Kier molecular flexibility index (Phi) is 5.32. The smallest absolute Gasteiger partial charge is 0.307 e. The third-order valence-electron chi connectivity index (χ3n) is 2.53. The lowest BCUT2D eigenvalue weighted by Crippen LogP contribution is -2.41. The Balaban J connectivity index is 2.82. The first-order valence-corrected chi connectivity index (χ1v) is 5.72. The molecular weight excluding hydrogens is 232 g/mol. The van der Waals surface area contributed by atoms with E-state index in [4.69, 9.17) is 5.73 Å². The second-order valence-corrected chi connectivity index (χ2v) is 4.04. The van der Waals surface area contributed by atoms with Crippen LogP contribution in [-0.2, 0) is 14.3 Å². The normalized spacial score (nSPS) is 13.5. The summed E-state index contributed by atoms with van der Waals surface area (Å²) < 4.78 is 4.62. The SMILES string of the molecule is COC(=O)CC(NC(=O)[C@@H](C)N)c1ccccc1. The summed E-state index contributed by atoms with van der Waals surface area (Å²) in [5.41, 5.74) is 6.34. The second-order valence-electron chi connectivity index (χ2n) is 4.04. The first-order valence-electron chi connectivity index (χ1n) is 5.72. The van der Waals surface area contributed by atoms with Crippen molar-refractivity contribution in [3.8, 4) is 0 Å². The summed E-state index contributed by atoms with van der Waals surface area (Å²) >= 11 is 0. The summed E-state index contributed by atoms with van der Waals surface area (Å²) in [4.78, 5) is 23.0. The molecule has 1 aromatic rings. The van der Waals surface area contributed by atoms with Gasteiger partial charge in [0.25, 0.3) is 0 Å². The van der Waals surface area contributed by atoms with Crippen LogP contribution in [0, 0.1) is 0 Å². The molecule has 0 fully saturated rings. The summed E-state index contributed by atoms with van der Waals surface area (Å²) in [6.45, 7) is 1.59. The number of amides is 1. The maximum atomic E-state index is 11.6. The molecule has 0 aliphatic carbocycles. The van der Waals surface area contributed by atoms with Crippen molar-refractivity contribution >= 4 is 11.9 Å². The van der Waals surface area contributed by atoms with Crippen LogP contribution in [0.1, 0.15) is 24.9 Å². The second kappa shape index (κ2) is 6.76. The van der Waals surface area contributed by atoms with E-state index >= 15 is 0 Å². The summed E-state index contributed by atoms with van der Waals surface area (Å²) in [6.07, 6.45) is 0.0823. The average Bonchev–Trinajstić information content (AvgIpc) is 2.38. The molecule has 5 heteroatoms. The molecule has 2 atom stereocenters. The zero-order chi connectivity index (χ0) is 13.5. The monoisotopic (exact) mass is 250 g/mol. The fourth-order valence-corrected chi connectivity index (χ4v) is 1.49. The van der Waals surface area contributed by atoms with Crippen LogP contribution in [0.5, 0.6) is 0 Å². The van der Waals surface area contributed by atoms with Gasteiger partial charge in [0.1, 0.15) is 0 Å². The summed E-state index contributed by atoms with van der Waals surface area (Å²) in [5, 5.41) is 2.73. The molecule has 0 aliphatic rings. The molecule has 0 spiro atoms. The minimum atomic E-state index is -0.617. The van der Waals surface area contributed by atoms with E-state index in [1.165, 1.54) is 7.11 Å². The van der Waals surface area contributed by atoms with Gasteiger partial charge in [0.05, 0.1) is 25.6 Å². The van der Waals surface area contributed by atoms with Crippen molar-refractivity contribution in [3.63, 3.8) is 0 Å². The van der Waals surface area contributed by atoms with Crippen LogP contribution < -0.4 is 11.1 Å². The lowest BCUT2D eigenvalue weighted by Gasteiger charge is -2.19. The predicted molar refractivity (Wildman–Crippen MR) is 67.6 cm³/mol. The molecule has 0 saturated heterocycles. The molecule has 1 unspecified atom stereocenters. The van der Waals surface area contributed by atoms with Crippen LogP contribution in [0.4, 0.5) is 0 Å². The number of methoxy groups -OCH3 is 1. The lowest BCUT2D eigenvalue weighted by molar-refractivity contribution is -0.141. The number of carbonyl (C=O) groups is 2. The molecule has 0 radical (unpaired) electrons. The Hall–Kier alpha value is -1.88. The minimum Gasteiger partial charge on any atom is -0.469 e. The summed E-state index contributed by atoms with van der Waals surface area (Å²) in [7, 11) is 1.32. The van der Waals surface area contributed by atoms with E-state index in [-0.39, 0.29) is 18.3 Å². The molecule has 1 rings (SSSR count). The Bertz CT molecular complexity index is 404. The third-order valence-corrected chi connectivity index (χ3v) is 2.53. The van der Waals surface area contributed by atoms with Crippen LogP contribution in [0.3, 0.4) is 0 Å². The summed E-state index contributed by atoms with van der Waals surface area (Å²) in [5.74, 6) is -0.679. The number of hydrogen-bond donors (Lipinski definition) is 2. The maximum absolute atomic E-state index is 11.6. The number of nitrogens with one attached hydrogen (secondary N) is 1. The molecule has 0 saturated carbocycles. The predicted octanol–water partition coefficient (Wildman–Crippen LogP) is 0.754. The van der Waals surface area contributed by atoms with Gasteiger partial charge in [-0.2, -0.15) is 0 Å². The highest BCUT2D eigenvalue weighted by molar-refractivity contribution is 5.82. The molecule has 1 amide bonds. The van der Waals surface area contributed by atoms with Crippen LogP contribution in [0.2, 0.25) is 0 Å². The number of carbonyl (C=O) groups excluding carboxylic acids is 2. The summed E-state index contributed by atoms with van der Waals surface area (Å²) in [6, 6.07) is 8.21. The highest BCUT2D eigenvalue weighted by atomic mass is 16.5. The van der Waals surface area contributed by atoms with E-state index in [1.807, 2.05) is 30.3 Å². The van der Waals surface area contributed by atoms with Crippen molar-refractivity contribution in [3.05, 3.63) is 35.9 Å². The zero-order valence-corrected chi connectivity index (χ0v) is 10.6. The first kappa shape index (κ1) is 14.2. The van der Waals surface area contributed by atoms with E-state index in [1.54, 1.807) is 6.92 Å². The Morgan fingerprint density at radius 3 is 2.44 bits per heavy atom. The highest BCUT2D eigenvalue weighted by Crippen LogP contribution is 2.17. The van der Waals surface area contributed by atoms with E-state index in [0.29, 0.717) is 0 Å². The number of hydrogen-bond acceptors (Lipinski definition) is 4. The van der Waals surface area contributed by atoms with Crippen molar-refractivity contribution in [2.24, 2.45) is 5.73 Å². The van der Waals surface area contributed by atoms with Crippen LogP contribution in [0.15, 0.2) is 30.3 Å². The van der Waals surface area contributed by atoms with Crippen LogP contribution >= 0.6 is 0 Å². The molecule has 0 heterocycles. The topological polar surface area (TPSA) is 81.4 Å². The molecule has 3 N–H and O–H groups in total. The molecule has 98 valence electrons. The van der Waals surface area contributed by atoms with E-state index in [9.17, 15) is 9.59 Å². The van der Waals surface area contributed by atoms with E-state index in [2.05, 4.69) is 10.1 Å². The Morgan fingerprint density at radius 2 is 1.94 bits per heavy atom. The first-order chi connectivity index (χ1) is 8.54. The zero-order valence-electron chi connectivity index (χ0n) is 10.6. The average molecular weight is 250 g/mol. The fourth-order valence-electron chi connectivity index (χ4n) is 1.49. The number of ether oxygens (including phenoxy) is 1. The van der Waals surface area contributed by atoms with Gasteiger partial charge in [0.15, 0.2) is 0 Å². The van der Waals surface area contributed by atoms with Gasteiger partial charge in [-0.15, -0.1) is 0 Å². The van der Waals surface area contributed by atoms with Gasteiger partial charge in [0, 0.05) is 0 Å². The number of rotatable bonds is 5. The van der Waals surface area contributed by atoms with Crippen LogP contribution in [0.25, 0.3) is 0 Å². The van der Waals surface area contributed by atoms with E-state index in [0.717, 1.165) is 5.56 Å². The van der Waals surface area contributed by atoms with Gasteiger partial charge in [-0.1, -0.05) is 30.3 Å². The lowest BCUT2D eigenvalue weighted by atomic mass is 10.0. The van der Waals surface area contributed by atoms with Gasteiger partial charge < -0.3 is 15.8 Å². The highest BCUT2D eigenvalue weighted by Gasteiger charge is 2.20. The third kappa shape index (κ3) is 4.18. The molecule has 5 nitrogen and oxygen atoms in total. The van der Waals surface area contributed by atoms with Crippen molar-refractivity contribution in [2.45, 2.75) is 25.4 Å². The Labute approximate surface area is 106 Å². The van der Waals surface area contributed by atoms with Gasteiger partial charge in [-0.25, -0.2) is 0 Å². The van der Waals surface area contributed by atoms with Crippen molar-refractivity contribution in [2.75, 3.05) is 7.11 Å². The van der Waals surface area contributed by atoms with Gasteiger partial charge in [-0.05, 0) is 12.5 Å². The van der Waals surface area contributed by atoms with Crippen molar-refractivity contribution in [1.82, 2.24) is 5.32 Å². The van der Waals surface area contributed by atoms with Gasteiger partial charge in [0.2, 0.25) is 5.91 Å². The van der Waals surface area contributed by atoms with E-state index < -0.39 is 12.1 Å². The van der Waals surface area contributed by atoms with Gasteiger partial charge in [-0.3, -0.25) is 9.59 Å². The molecule has 0 aromatic heterocycles. The molecule has 18 heavy (non-hydrogen) atoms. The largest absolute Gasteiger partial charge is 0.469 e. The molecule has 0 bridgehead atoms. The minimum absolute atomic E-state index is 0.0823. The quantitative estimate of drug-likeness (QED) is 0.756.